The molecule has 0 fully saturated rings. The second-order valence-electron chi connectivity index (χ2n) is 3.13. The van der Waals surface area contributed by atoms with E-state index < -0.39 is 0 Å². The molecule has 0 aromatic rings. The quantitative estimate of drug-likeness (QED) is 0.605. The van der Waals surface area contributed by atoms with Crippen LogP contribution in [0.5, 0.6) is 0 Å². The zero-order valence-corrected chi connectivity index (χ0v) is 9.10. The zero-order chi connectivity index (χ0) is 10.1. The monoisotopic (exact) mass is 202 g/mol. The van der Waals surface area contributed by atoms with Crippen LogP contribution in [0.25, 0.3) is 0 Å². The number of thioether (sulfide) groups is 1. The summed E-state index contributed by atoms with van der Waals surface area (Å²) in [5.74, 6) is 1.69. The van der Waals surface area contributed by atoms with Crippen molar-refractivity contribution in [1.29, 1.82) is 5.26 Å². The van der Waals surface area contributed by atoms with Gasteiger partial charge in [0.15, 0.2) is 0 Å². The molecule has 0 heterocycles. The molecule has 0 aliphatic carbocycles. The van der Waals surface area contributed by atoms with Crippen LogP contribution in [-0.2, 0) is 0 Å². The molecule has 0 aromatic carbocycles. The molecule has 0 saturated carbocycles. The summed E-state index contributed by atoms with van der Waals surface area (Å²) in [5.41, 5.74) is 0. The lowest BCUT2D eigenvalue weighted by Gasteiger charge is -2.13. The first kappa shape index (κ1) is 12.8. The van der Waals surface area contributed by atoms with Gasteiger partial charge in [-0.25, -0.2) is 0 Å². The van der Waals surface area contributed by atoms with Crippen molar-refractivity contribution in [3.63, 3.8) is 0 Å². The Morgan fingerprint density at radius 1 is 1.46 bits per heavy atom. The Balaban J connectivity index is 3.44. The number of nitrogens with one attached hydrogen (secondary N) is 1. The van der Waals surface area contributed by atoms with E-state index in [9.17, 15) is 0 Å². The van der Waals surface area contributed by atoms with Crippen LogP contribution in [-0.4, -0.2) is 35.3 Å². The number of hydrogen-bond donors (Lipinski definition) is 2. The molecule has 3 nitrogen and oxygen atoms in total. The van der Waals surface area contributed by atoms with E-state index in [1.54, 1.807) is 11.8 Å². The van der Waals surface area contributed by atoms with E-state index in [1.807, 2.05) is 13.8 Å². The molecule has 2 N–H and O–H groups in total. The third kappa shape index (κ3) is 8.10. The fourth-order valence-corrected chi connectivity index (χ4v) is 1.69. The predicted molar refractivity (Wildman–Crippen MR) is 56.7 cm³/mol. The average molecular weight is 202 g/mol. The van der Waals surface area contributed by atoms with Gasteiger partial charge in [0.25, 0.3) is 0 Å². The van der Waals surface area contributed by atoms with Gasteiger partial charge >= 0.3 is 0 Å². The minimum Gasteiger partial charge on any atom is -0.396 e. The summed E-state index contributed by atoms with van der Waals surface area (Å²) in [4.78, 5) is 0. The molecular formula is C9H18N2OS. The van der Waals surface area contributed by atoms with Crippen LogP contribution < -0.4 is 5.32 Å². The maximum absolute atomic E-state index is 8.76. The summed E-state index contributed by atoms with van der Waals surface area (Å²) in [6.07, 6.45) is 0.847. The first-order valence-electron chi connectivity index (χ1n) is 4.55. The van der Waals surface area contributed by atoms with Crippen molar-refractivity contribution in [2.75, 3.05) is 18.1 Å². The average Bonchev–Trinajstić information content (AvgIpc) is 2.09. The summed E-state index contributed by atoms with van der Waals surface area (Å²) in [5, 5.41) is 20.5. The topological polar surface area (TPSA) is 56.0 Å². The number of nitrogens with zero attached hydrogens (tertiary/aromatic N) is 1. The number of nitriles is 1. The van der Waals surface area contributed by atoms with E-state index in [2.05, 4.69) is 11.4 Å². The van der Waals surface area contributed by atoms with Gasteiger partial charge in [0, 0.05) is 11.8 Å². The summed E-state index contributed by atoms with van der Waals surface area (Å²) >= 11 is 1.68. The smallest absolute Gasteiger partial charge is 0.0962 e. The first-order valence-corrected chi connectivity index (χ1v) is 5.70. The molecule has 0 amide bonds. The van der Waals surface area contributed by atoms with E-state index in [0.717, 1.165) is 17.9 Å². The summed E-state index contributed by atoms with van der Waals surface area (Å²) < 4.78 is 0. The van der Waals surface area contributed by atoms with Crippen LogP contribution in [0.1, 0.15) is 20.3 Å². The van der Waals surface area contributed by atoms with E-state index in [0.29, 0.717) is 6.04 Å². The maximum atomic E-state index is 8.76. The first-order chi connectivity index (χ1) is 6.20. The van der Waals surface area contributed by atoms with Crippen LogP contribution in [0.4, 0.5) is 0 Å². The Morgan fingerprint density at radius 3 is 2.62 bits per heavy atom. The van der Waals surface area contributed by atoms with Crippen LogP contribution in [0.2, 0.25) is 0 Å². The normalized spacial score (nSPS) is 12.8. The van der Waals surface area contributed by atoms with E-state index >= 15 is 0 Å². The molecule has 0 radical (unpaired) electrons. The Hall–Kier alpha value is -0.240. The highest BCUT2D eigenvalue weighted by Crippen LogP contribution is 2.04. The zero-order valence-electron chi connectivity index (χ0n) is 8.29. The van der Waals surface area contributed by atoms with Gasteiger partial charge in [-0.05, 0) is 26.0 Å². The van der Waals surface area contributed by atoms with Crippen molar-refractivity contribution in [2.45, 2.75) is 32.4 Å². The summed E-state index contributed by atoms with van der Waals surface area (Å²) in [6, 6.07) is 2.53. The Labute approximate surface area is 84.5 Å². The standard InChI is InChI=1S/C9H18N2OS/c1-8(2)11-9(7-10)3-5-13-6-4-12/h8-9,11-12H,3-6H2,1-2H3. The van der Waals surface area contributed by atoms with Crippen LogP contribution in [0.3, 0.4) is 0 Å². The molecule has 0 aromatic heterocycles. The van der Waals surface area contributed by atoms with Gasteiger partial charge in [0.1, 0.15) is 0 Å². The molecule has 0 saturated heterocycles. The molecule has 0 rings (SSSR count). The van der Waals surface area contributed by atoms with E-state index in [-0.39, 0.29) is 12.6 Å². The van der Waals surface area contributed by atoms with Crippen molar-refractivity contribution in [3.8, 4) is 6.07 Å². The van der Waals surface area contributed by atoms with Crippen molar-refractivity contribution in [1.82, 2.24) is 5.32 Å². The molecule has 1 unspecified atom stereocenters. The van der Waals surface area contributed by atoms with Gasteiger partial charge in [-0.2, -0.15) is 17.0 Å². The molecule has 13 heavy (non-hydrogen) atoms. The van der Waals surface area contributed by atoms with Gasteiger partial charge < -0.3 is 5.11 Å². The molecule has 4 heteroatoms. The van der Waals surface area contributed by atoms with Gasteiger partial charge in [-0.15, -0.1) is 0 Å². The molecular weight excluding hydrogens is 184 g/mol. The van der Waals surface area contributed by atoms with Gasteiger partial charge in [0.05, 0.1) is 18.7 Å². The molecule has 1 atom stereocenters. The second kappa shape index (κ2) is 8.36. The third-order valence-corrected chi connectivity index (χ3v) is 2.47. The van der Waals surface area contributed by atoms with Crippen LogP contribution in [0.15, 0.2) is 0 Å². The van der Waals surface area contributed by atoms with Crippen molar-refractivity contribution in [3.05, 3.63) is 0 Å². The molecule has 0 aliphatic heterocycles. The summed E-state index contributed by atoms with van der Waals surface area (Å²) in [7, 11) is 0. The number of aliphatic hydroxyl groups is 1. The Morgan fingerprint density at radius 2 is 2.15 bits per heavy atom. The number of hydrogen-bond acceptors (Lipinski definition) is 4. The molecule has 0 aliphatic rings. The minimum absolute atomic E-state index is 0.0498. The SMILES string of the molecule is CC(C)NC(C#N)CCSCCO. The lowest BCUT2D eigenvalue weighted by atomic mass is 10.2. The Bertz CT molecular complexity index is 156. The molecule has 0 spiro atoms. The largest absolute Gasteiger partial charge is 0.396 e. The van der Waals surface area contributed by atoms with Gasteiger partial charge in [-0.3, -0.25) is 5.32 Å². The van der Waals surface area contributed by atoms with Crippen molar-refractivity contribution >= 4 is 11.8 Å². The fourth-order valence-electron chi connectivity index (χ4n) is 0.955. The predicted octanol–water partition coefficient (Wildman–Crippen LogP) is 0.992. The van der Waals surface area contributed by atoms with E-state index in [1.165, 1.54) is 0 Å². The number of aliphatic hydroxyl groups excluding tert-OH is 1. The molecule has 0 bridgehead atoms. The van der Waals surface area contributed by atoms with Crippen molar-refractivity contribution in [2.24, 2.45) is 0 Å². The maximum Gasteiger partial charge on any atom is 0.0962 e. The third-order valence-electron chi connectivity index (χ3n) is 1.48. The van der Waals surface area contributed by atoms with Crippen LogP contribution >= 0.6 is 11.8 Å². The number of rotatable bonds is 7. The second-order valence-corrected chi connectivity index (χ2v) is 4.35. The van der Waals surface area contributed by atoms with Crippen molar-refractivity contribution < 1.29 is 5.11 Å². The highest BCUT2D eigenvalue weighted by Gasteiger charge is 2.07. The van der Waals surface area contributed by atoms with Gasteiger partial charge in [-0.1, -0.05) is 0 Å². The van der Waals surface area contributed by atoms with Gasteiger partial charge in [0.2, 0.25) is 0 Å². The van der Waals surface area contributed by atoms with Crippen LogP contribution in [0, 0.1) is 11.3 Å². The highest BCUT2D eigenvalue weighted by atomic mass is 32.2. The minimum atomic E-state index is -0.0498. The fraction of sp³-hybridized carbons (Fsp3) is 0.889. The summed E-state index contributed by atoms with van der Waals surface area (Å²) in [6.45, 7) is 4.29. The Kier molecular flexibility index (Phi) is 8.21. The molecule has 76 valence electrons. The van der Waals surface area contributed by atoms with E-state index in [4.69, 9.17) is 10.4 Å². The lowest BCUT2D eigenvalue weighted by Crippen LogP contribution is -2.33. The lowest BCUT2D eigenvalue weighted by molar-refractivity contribution is 0.322. The highest BCUT2D eigenvalue weighted by molar-refractivity contribution is 7.99.